The second kappa shape index (κ2) is 8.95. The lowest BCUT2D eigenvalue weighted by Crippen LogP contribution is -2.25. The summed E-state index contributed by atoms with van der Waals surface area (Å²) in [4.78, 5) is 36.0. The zero-order chi connectivity index (χ0) is 21.7. The molecule has 2 N–H and O–H groups in total. The molecule has 3 aromatic rings. The molecule has 0 radical (unpaired) electrons. The van der Waals surface area contributed by atoms with E-state index in [0.717, 1.165) is 6.08 Å². The molecule has 0 fully saturated rings. The molecule has 0 spiro atoms. The Balaban J connectivity index is 1.76. The van der Waals surface area contributed by atoms with Crippen LogP contribution in [0.3, 0.4) is 0 Å². The van der Waals surface area contributed by atoms with Crippen LogP contribution >= 0.6 is 0 Å². The molecular formula is C22H21N3O5. The van der Waals surface area contributed by atoms with Crippen molar-refractivity contribution in [1.82, 2.24) is 9.36 Å². The monoisotopic (exact) mass is 407 g/mol. The highest BCUT2D eigenvalue weighted by molar-refractivity contribution is 5.92. The van der Waals surface area contributed by atoms with Crippen LogP contribution in [-0.4, -0.2) is 33.0 Å². The Morgan fingerprint density at radius 3 is 2.47 bits per heavy atom. The van der Waals surface area contributed by atoms with Crippen molar-refractivity contribution in [3.63, 3.8) is 0 Å². The van der Waals surface area contributed by atoms with E-state index in [1.54, 1.807) is 55.1 Å². The van der Waals surface area contributed by atoms with E-state index >= 15 is 0 Å². The number of hydrogen-bond acceptors (Lipinski definition) is 4. The van der Waals surface area contributed by atoms with Crippen LogP contribution in [-0.2, 0) is 16.6 Å². The van der Waals surface area contributed by atoms with E-state index in [1.807, 2.05) is 18.2 Å². The molecule has 0 saturated carbocycles. The first-order chi connectivity index (χ1) is 14.4. The van der Waals surface area contributed by atoms with E-state index in [9.17, 15) is 14.4 Å². The maximum atomic E-state index is 12.8. The van der Waals surface area contributed by atoms with E-state index in [-0.39, 0.29) is 17.9 Å². The Morgan fingerprint density at radius 2 is 1.77 bits per heavy atom. The number of carboxylic acids is 1. The van der Waals surface area contributed by atoms with E-state index in [2.05, 4.69) is 5.32 Å². The summed E-state index contributed by atoms with van der Waals surface area (Å²) in [5, 5.41) is 11.4. The summed E-state index contributed by atoms with van der Waals surface area (Å²) in [5.74, 6) is -1.23. The van der Waals surface area contributed by atoms with Crippen LogP contribution < -0.4 is 15.6 Å². The molecule has 0 aliphatic carbocycles. The fourth-order valence-electron chi connectivity index (χ4n) is 2.94. The number of ether oxygens (including phenoxy) is 1. The van der Waals surface area contributed by atoms with Gasteiger partial charge in [-0.3, -0.25) is 14.3 Å². The average molecular weight is 407 g/mol. The summed E-state index contributed by atoms with van der Waals surface area (Å²) in [6.07, 6.45) is 2.37. The molecule has 2 aromatic carbocycles. The Morgan fingerprint density at radius 1 is 1.10 bits per heavy atom. The SMILES string of the molecule is Cc1c(NC(=O)COc2ccccc2/C=C/C(=O)O)c(=O)n(-c2ccccc2)n1C. The summed E-state index contributed by atoms with van der Waals surface area (Å²) in [6, 6.07) is 15.9. The molecule has 0 aliphatic rings. The highest BCUT2D eigenvalue weighted by Crippen LogP contribution is 2.20. The summed E-state index contributed by atoms with van der Waals surface area (Å²) >= 11 is 0. The summed E-state index contributed by atoms with van der Waals surface area (Å²) in [7, 11) is 1.74. The van der Waals surface area contributed by atoms with Gasteiger partial charge in [0.05, 0.1) is 11.4 Å². The van der Waals surface area contributed by atoms with Gasteiger partial charge in [-0.05, 0) is 31.2 Å². The van der Waals surface area contributed by atoms with Gasteiger partial charge in [-0.1, -0.05) is 36.4 Å². The van der Waals surface area contributed by atoms with Gasteiger partial charge in [0.25, 0.3) is 11.5 Å². The molecule has 1 amide bonds. The van der Waals surface area contributed by atoms with E-state index in [0.29, 0.717) is 22.7 Å². The number of amides is 1. The third kappa shape index (κ3) is 4.49. The number of nitrogens with zero attached hydrogens (tertiary/aromatic N) is 2. The van der Waals surface area contributed by atoms with Crippen molar-refractivity contribution >= 4 is 23.6 Å². The van der Waals surface area contributed by atoms with Crippen LogP contribution in [0.1, 0.15) is 11.3 Å². The lowest BCUT2D eigenvalue weighted by Gasteiger charge is -2.09. The molecule has 30 heavy (non-hydrogen) atoms. The molecule has 154 valence electrons. The maximum Gasteiger partial charge on any atom is 0.328 e. The standard InChI is InChI=1S/C22H21N3O5/c1-15-21(22(29)25(24(15)2)17-9-4-3-5-10-17)23-19(26)14-30-18-11-7-6-8-16(18)12-13-20(27)28/h3-13H,14H2,1-2H3,(H,23,26)(H,27,28)/b13-12+. The minimum atomic E-state index is -1.09. The first-order valence-electron chi connectivity index (χ1n) is 9.15. The van der Waals surface area contributed by atoms with Crippen LogP contribution in [0.15, 0.2) is 65.5 Å². The van der Waals surface area contributed by atoms with Crippen molar-refractivity contribution in [2.24, 2.45) is 7.05 Å². The number of anilines is 1. The third-order valence-electron chi connectivity index (χ3n) is 4.50. The second-order valence-corrected chi connectivity index (χ2v) is 6.48. The molecule has 0 saturated heterocycles. The predicted molar refractivity (Wildman–Crippen MR) is 113 cm³/mol. The number of carboxylic acid groups (broad SMARTS) is 1. The minimum Gasteiger partial charge on any atom is -0.483 e. The first-order valence-corrected chi connectivity index (χ1v) is 9.15. The fraction of sp³-hybridized carbons (Fsp3) is 0.136. The number of benzene rings is 2. The van der Waals surface area contributed by atoms with Crippen LogP contribution in [0.25, 0.3) is 11.8 Å². The molecule has 8 nitrogen and oxygen atoms in total. The van der Waals surface area contributed by atoms with E-state index < -0.39 is 11.9 Å². The molecular weight excluding hydrogens is 386 g/mol. The fourth-order valence-corrected chi connectivity index (χ4v) is 2.94. The van der Waals surface area contributed by atoms with Gasteiger partial charge in [0, 0.05) is 18.7 Å². The quantitative estimate of drug-likeness (QED) is 0.586. The normalized spacial score (nSPS) is 10.9. The number of aromatic nitrogens is 2. The number of hydrogen-bond donors (Lipinski definition) is 2. The highest BCUT2D eigenvalue weighted by Gasteiger charge is 2.18. The Bertz CT molecular complexity index is 1160. The van der Waals surface area contributed by atoms with E-state index in [1.165, 1.54) is 10.8 Å². The van der Waals surface area contributed by atoms with Crippen LogP contribution in [0, 0.1) is 6.92 Å². The van der Waals surface area contributed by atoms with Crippen LogP contribution in [0.5, 0.6) is 5.75 Å². The number of rotatable bonds is 7. The van der Waals surface area contributed by atoms with E-state index in [4.69, 9.17) is 9.84 Å². The zero-order valence-corrected chi connectivity index (χ0v) is 16.5. The van der Waals surface area contributed by atoms with Crippen molar-refractivity contribution in [3.8, 4) is 11.4 Å². The average Bonchev–Trinajstić information content (AvgIpc) is 2.95. The van der Waals surface area contributed by atoms with Gasteiger partial charge in [-0.2, -0.15) is 0 Å². The molecule has 0 aliphatic heterocycles. The summed E-state index contributed by atoms with van der Waals surface area (Å²) < 4.78 is 8.67. The van der Waals surface area contributed by atoms with Gasteiger partial charge in [0.1, 0.15) is 11.4 Å². The first kappa shape index (κ1) is 20.7. The number of carbonyl (C=O) groups excluding carboxylic acids is 1. The van der Waals surface area contributed by atoms with Gasteiger partial charge in [0.15, 0.2) is 6.61 Å². The molecule has 0 atom stereocenters. The van der Waals surface area contributed by atoms with Gasteiger partial charge in [-0.15, -0.1) is 0 Å². The molecule has 8 heteroatoms. The molecule has 0 bridgehead atoms. The molecule has 3 rings (SSSR count). The number of nitrogens with one attached hydrogen (secondary N) is 1. The predicted octanol–water partition coefficient (Wildman–Crippen LogP) is 2.60. The second-order valence-electron chi connectivity index (χ2n) is 6.48. The van der Waals surface area contributed by atoms with Gasteiger partial charge < -0.3 is 15.2 Å². The third-order valence-corrected chi connectivity index (χ3v) is 4.50. The van der Waals surface area contributed by atoms with Crippen molar-refractivity contribution in [1.29, 1.82) is 0 Å². The van der Waals surface area contributed by atoms with Crippen molar-refractivity contribution in [2.75, 3.05) is 11.9 Å². The smallest absolute Gasteiger partial charge is 0.328 e. The Hall–Kier alpha value is -4.07. The molecule has 0 unspecified atom stereocenters. The molecule has 1 aromatic heterocycles. The zero-order valence-electron chi connectivity index (χ0n) is 16.5. The van der Waals surface area contributed by atoms with Gasteiger partial charge in [0.2, 0.25) is 0 Å². The molecule has 1 heterocycles. The topological polar surface area (TPSA) is 103 Å². The van der Waals surface area contributed by atoms with Crippen molar-refractivity contribution < 1.29 is 19.4 Å². The van der Waals surface area contributed by atoms with Crippen molar-refractivity contribution in [3.05, 3.63) is 82.3 Å². The summed E-state index contributed by atoms with van der Waals surface area (Å²) in [6.45, 7) is 1.40. The Labute approximate surface area is 172 Å². The largest absolute Gasteiger partial charge is 0.483 e. The highest BCUT2D eigenvalue weighted by atomic mass is 16.5. The van der Waals surface area contributed by atoms with Crippen LogP contribution in [0.2, 0.25) is 0 Å². The number of carbonyl (C=O) groups is 2. The van der Waals surface area contributed by atoms with Crippen molar-refractivity contribution in [2.45, 2.75) is 6.92 Å². The Kier molecular flexibility index (Phi) is 6.17. The minimum absolute atomic E-state index is 0.175. The lowest BCUT2D eigenvalue weighted by molar-refractivity contribution is -0.131. The number of para-hydroxylation sites is 2. The summed E-state index contributed by atoms with van der Waals surface area (Å²) in [5.41, 5.74) is 1.63. The van der Waals surface area contributed by atoms with Gasteiger partial charge >= 0.3 is 5.97 Å². The number of aliphatic carboxylic acids is 1. The van der Waals surface area contributed by atoms with Gasteiger partial charge in [-0.25, -0.2) is 9.48 Å². The maximum absolute atomic E-state index is 12.8. The van der Waals surface area contributed by atoms with Crippen LogP contribution in [0.4, 0.5) is 5.69 Å². The lowest BCUT2D eigenvalue weighted by atomic mass is 10.2.